The molecular formula is C13H9ClIN3O3. The van der Waals surface area contributed by atoms with Gasteiger partial charge in [0.1, 0.15) is 11.3 Å². The van der Waals surface area contributed by atoms with Crippen LogP contribution in [0.15, 0.2) is 30.5 Å². The summed E-state index contributed by atoms with van der Waals surface area (Å²) >= 11 is 8.00. The zero-order chi connectivity index (χ0) is 15.6. The number of nitro groups is 1. The molecule has 0 aliphatic carbocycles. The molecule has 1 heterocycles. The van der Waals surface area contributed by atoms with Crippen molar-refractivity contribution in [2.45, 2.75) is 6.92 Å². The molecule has 1 aromatic heterocycles. The monoisotopic (exact) mass is 417 g/mol. The molecule has 0 unspecified atom stereocenters. The minimum absolute atomic E-state index is 0.0381. The lowest BCUT2D eigenvalue weighted by Gasteiger charge is -2.09. The fourth-order valence-electron chi connectivity index (χ4n) is 1.65. The van der Waals surface area contributed by atoms with Gasteiger partial charge in [0.25, 0.3) is 11.6 Å². The highest BCUT2D eigenvalue weighted by Gasteiger charge is 2.17. The van der Waals surface area contributed by atoms with Crippen molar-refractivity contribution >= 4 is 51.5 Å². The van der Waals surface area contributed by atoms with Crippen molar-refractivity contribution in [2.24, 2.45) is 0 Å². The van der Waals surface area contributed by atoms with Gasteiger partial charge in [-0.15, -0.1) is 0 Å². The summed E-state index contributed by atoms with van der Waals surface area (Å²) in [6.45, 7) is 1.85. The van der Waals surface area contributed by atoms with Crippen LogP contribution in [0.1, 0.15) is 15.9 Å². The first-order chi connectivity index (χ1) is 9.88. The lowest BCUT2D eigenvalue weighted by atomic mass is 10.2. The summed E-state index contributed by atoms with van der Waals surface area (Å²) in [6.07, 6.45) is 1.01. The summed E-state index contributed by atoms with van der Waals surface area (Å²) in [4.78, 5) is 25.9. The number of nitrogens with one attached hydrogen (secondary N) is 1. The number of carbonyl (C=O) groups is 1. The van der Waals surface area contributed by atoms with Gasteiger partial charge in [0, 0.05) is 15.3 Å². The number of halogens is 2. The minimum atomic E-state index is -0.629. The molecule has 0 saturated heterocycles. The van der Waals surface area contributed by atoms with Crippen molar-refractivity contribution in [3.63, 3.8) is 0 Å². The number of hydrogen-bond donors (Lipinski definition) is 1. The molecule has 0 fully saturated rings. The van der Waals surface area contributed by atoms with Crippen molar-refractivity contribution in [1.29, 1.82) is 0 Å². The maximum Gasteiger partial charge on any atom is 0.288 e. The molecule has 0 atom stereocenters. The highest BCUT2D eigenvalue weighted by atomic mass is 127. The van der Waals surface area contributed by atoms with Crippen LogP contribution in [-0.2, 0) is 0 Å². The molecule has 1 aromatic carbocycles. The standard InChI is InChI=1S/C13H9ClIN3O3/c1-7-4-8(15)2-3-11(7)17-13(19)10-5-9(18(20)21)6-16-12(10)14/h2-6H,1H3,(H,17,19). The van der Waals surface area contributed by atoms with Crippen molar-refractivity contribution in [2.75, 3.05) is 5.32 Å². The summed E-state index contributed by atoms with van der Waals surface area (Å²) in [5.74, 6) is -0.541. The first-order valence-corrected chi connectivity index (χ1v) is 7.21. The highest BCUT2D eigenvalue weighted by Crippen LogP contribution is 2.22. The molecule has 0 saturated carbocycles. The molecule has 0 bridgehead atoms. The quantitative estimate of drug-likeness (QED) is 0.356. The van der Waals surface area contributed by atoms with Gasteiger partial charge in [-0.2, -0.15) is 0 Å². The third-order valence-corrected chi connectivity index (χ3v) is 3.69. The molecule has 1 amide bonds. The molecule has 108 valence electrons. The largest absolute Gasteiger partial charge is 0.322 e. The average molecular weight is 418 g/mol. The number of nitrogens with zero attached hydrogens (tertiary/aromatic N) is 2. The Morgan fingerprint density at radius 2 is 2.14 bits per heavy atom. The van der Waals surface area contributed by atoms with E-state index in [1.54, 1.807) is 6.07 Å². The van der Waals surface area contributed by atoms with E-state index in [1.807, 2.05) is 19.1 Å². The zero-order valence-electron chi connectivity index (χ0n) is 10.8. The van der Waals surface area contributed by atoms with Gasteiger partial charge < -0.3 is 5.32 Å². The zero-order valence-corrected chi connectivity index (χ0v) is 13.7. The Balaban J connectivity index is 2.32. The van der Waals surface area contributed by atoms with Gasteiger partial charge in [0.15, 0.2) is 0 Å². The number of hydrogen-bond acceptors (Lipinski definition) is 4. The van der Waals surface area contributed by atoms with E-state index < -0.39 is 10.8 Å². The maximum absolute atomic E-state index is 12.2. The normalized spacial score (nSPS) is 10.2. The molecule has 0 radical (unpaired) electrons. The van der Waals surface area contributed by atoms with Crippen molar-refractivity contribution in [3.05, 3.63) is 60.4 Å². The first-order valence-electron chi connectivity index (χ1n) is 5.76. The Morgan fingerprint density at radius 1 is 1.43 bits per heavy atom. The van der Waals surface area contributed by atoms with Crippen LogP contribution in [0.5, 0.6) is 0 Å². The van der Waals surface area contributed by atoms with Crippen LogP contribution < -0.4 is 5.32 Å². The van der Waals surface area contributed by atoms with E-state index in [1.165, 1.54) is 0 Å². The number of aromatic nitrogens is 1. The minimum Gasteiger partial charge on any atom is -0.322 e. The molecule has 2 rings (SSSR count). The van der Waals surface area contributed by atoms with E-state index >= 15 is 0 Å². The summed E-state index contributed by atoms with van der Waals surface area (Å²) < 4.78 is 1.04. The fourth-order valence-corrected chi connectivity index (χ4v) is 2.49. The van der Waals surface area contributed by atoms with Crippen molar-refractivity contribution in [1.82, 2.24) is 4.98 Å². The van der Waals surface area contributed by atoms with Crippen LogP contribution in [0.2, 0.25) is 5.15 Å². The molecule has 0 spiro atoms. The second-order valence-electron chi connectivity index (χ2n) is 4.20. The van der Waals surface area contributed by atoms with E-state index in [2.05, 4.69) is 32.9 Å². The lowest BCUT2D eigenvalue weighted by Crippen LogP contribution is -2.14. The number of rotatable bonds is 3. The van der Waals surface area contributed by atoms with Crippen LogP contribution in [-0.4, -0.2) is 15.8 Å². The van der Waals surface area contributed by atoms with E-state index in [4.69, 9.17) is 11.6 Å². The summed E-state index contributed by atoms with van der Waals surface area (Å²) in [7, 11) is 0. The predicted molar refractivity (Wildman–Crippen MR) is 87.8 cm³/mol. The topological polar surface area (TPSA) is 85.1 Å². The summed E-state index contributed by atoms with van der Waals surface area (Å²) in [5, 5.41) is 13.3. The van der Waals surface area contributed by atoms with Gasteiger partial charge in [-0.25, -0.2) is 4.98 Å². The number of aryl methyl sites for hydroxylation is 1. The Labute approximate surface area is 138 Å². The Hall–Kier alpha value is -1.74. The van der Waals surface area contributed by atoms with E-state index in [-0.39, 0.29) is 16.4 Å². The molecule has 1 N–H and O–H groups in total. The third kappa shape index (κ3) is 3.67. The van der Waals surface area contributed by atoms with Gasteiger partial charge in [-0.3, -0.25) is 14.9 Å². The second kappa shape index (κ2) is 6.35. The molecule has 21 heavy (non-hydrogen) atoms. The second-order valence-corrected chi connectivity index (χ2v) is 5.81. The summed E-state index contributed by atoms with van der Waals surface area (Å²) in [6, 6.07) is 6.61. The van der Waals surface area contributed by atoms with Crippen molar-refractivity contribution in [3.8, 4) is 0 Å². The van der Waals surface area contributed by atoms with Crippen LogP contribution in [0.25, 0.3) is 0 Å². The fraction of sp³-hybridized carbons (Fsp3) is 0.0769. The highest BCUT2D eigenvalue weighted by molar-refractivity contribution is 14.1. The molecular weight excluding hydrogens is 409 g/mol. The number of benzene rings is 1. The smallest absolute Gasteiger partial charge is 0.288 e. The molecule has 8 heteroatoms. The summed E-state index contributed by atoms with van der Waals surface area (Å²) in [5.41, 5.74) is 1.17. The number of pyridine rings is 1. The Kier molecular flexibility index (Phi) is 4.73. The average Bonchev–Trinajstić information content (AvgIpc) is 2.42. The van der Waals surface area contributed by atoms with E-state index in [9.17, 15) is 14.9 Å². The van der Waals surface area contributed by atoms with E-state index in [0.29, 0.717) is 5.69 Å². The SMILES string of the molecule is Cc1cc(I)ccc1NC(=O)c1cc([N+](=O)[O-])cnc1Cl. The van der Waals surface area contributed by atoms with Gasteiger partial charge in [-0.1, -0.05) is 11.6 Å². The maximum atomic E-state index is 12.2. The van der Waals surface area contributed by atoms with Crippen LogP contribution in [0.3, 0.4) is 0 Å². The molecule has 2 aromatic rings. The number of amides is 1. The lowest BCUT2D eigenvalue weighted by molar-refractivity contribution is -0.385. The third-order valence-electron chi connectivity index (χ3n) is 2.72. The van der Waals surface area contributed by atoms with Crippen LogP contribution >= 0.6 is 34.2 Å². The first kappa shape index (κ1) is 15.6. The number of carbonyl (C=O) groups excluding carboxylic acids is 1. The van der Waals surface area contributed by atoms with Gasteiger partial charge in [-0.05, 0) is 53.3 Å². The van der Waals surface area contributed by atoms with E-state index in [0.717, 1.165) is 21.4 Å². The molecule has 6 nitrogen and oxygen atoms in total. The molecule has 0 aliphatic rings. The molecule has 0 aliphatic heterocycles. The van der Waals surface area contributed by atoms with Gasteiger partial charge in [0.2, 0.25) is 0 Å². The van der Waals surface area contributed by atoms with Crippen molar-refractivity contribution < 1.29 is 9.72 Å². The van der Waals surface area contributed by atoms with Gasteiger partial charge >= 0.3 is 0 Å². The number of anilines is 1. The Bertz CT molecular complexity index is 737. The van der Waals surface area contributed by atoms with Crippen LogP contribution in [0, 0.1) is 20.6 Å². The van der Waals surface area contributed by atoms with Crippen LogP contribution in [0.4, 0.5) is 11.4 Å². The van der Waals surface area contributed by atoms with Gasteiger partial charge in [0.05, 0.1) is 10.5 Å². The Morgan fingerprint density at radius 3 is 2.76 bits per heavy atom. The predicted octanol–water partition coefficient (Wildman–Crippen LogP) is 3.81.